The van der Waals surface area contributed by atoms with Crippen LogP contribution in [0.25, 0.3) is 0 Å². The molecule has 0 aliphatic rings. The van der Waals surface area contributed by atoms with Crippen LogP contribution in [0.5, 0.6) is 0 Å². The number of rotatable bonds is 5. The van der Waals surface area contributed by atoms with Crippen LogP contribution in [0, 0.1) is 0 Å². The first-order valence-electron chi connectivity index (χ1n) is 7.10. The van der Waals surface area contributed by atoms with Gasteiger partial charge in [0, 0.05) is 25.3 Å². The minimum Gasteiger partial charge on any atom is -0.375 e. The van der Waals surface area contributed by atoms with Crippen LogP contribution in [0.3, 0.4) is 0 Å². The van der Waals surface area contributed by atoms with Gasteiger partial charge in [-0.2, -0.15) is 0 Å². The van der Waals surface area contributed by atoms with Gasteiger partial charge in [-0.25, -0.2) is 0 Å². The third-order valence-electron chi connectivity index (χ3n) is 3.32. The van der Waals surface area contributed by atoms with Crippen LogP contribution in [0.1, 0.15) is 6.92 Å². The molecule has 5 nitrogen and oxygen atoms in total. The lowest BCUT2D eigenvalue weighted by Gasteiger charge is -2.15. The fourth-order valence-corrected chi connectivity index (χ4v) is 2.14. The number of amides is 2. The van der Waals surface area contributed by atoms with Gasteiger partial charge in [-0.05, 0) is 36.4 Å². The molecule has 2 amide bonds. The molecule has 0 heterocycles. The van der Waals surface area contributed by atoms with Crippen molar-refractivity contribution in [1.29, 1.82) is 0 Å². The molecule has 120 valence electrons. The Kier molecular flexibility index (Phi) is 5.60. The van der Waals surface area contributed by atoms with Crippen LogP contribution in [0.2, 0.25) is 5.02 Å². The maximum absolute atomic E-state index is 11.9. The summed E-state index contributed by atoms with van der Waals surface area (Å²) in [6.45, 7) is 1.61. The minimum absolute atomic E-state index is 0.0503. The van der Waals surface area contributed by atoms with E-state index in [1.54, 1.807) is 37.4 Å². The number of benzene rings is 2. The van der Waals surface area contributed by atoms with Crippen molar-refractivity contribution in [2.75, 3.05) is 29.1 Å². The lowest BCUT2D eigenvalue weighted by atomic mass is 10.2. The van der Waals surface area contributed by atoms with Crippen molar-refractivity contribution < 1.29 is 9.59 Å². The fourth-order valence-electron chi connectivity index (χ4n) is 1.94. The Labute approximate surface area is 140 Å². The highest BCUT2D eigenvalue weighted by molar-refractivity contribution is 6.33. The first-order chi connectivity index (χ1) is 11.0. The normalized spacial score (nSPS) is 10.0. The van der Waals surface area contributed by atoms with Gasteiger partial charge in [-0.1, -0.05) is 23.7 Å². The molecule has 0 spiro atoms. The summed E-state index contributed by atoms with van der Waals surface area (Å²) in [6, 6.07) is 14.3. The first-order valence-corrected chi connectivity index (χ1v) is 7.48. The molecule has 0 aliphatic carbocycles. The summed E-state index contributed by atoms with van der Waals surface area (Å²) in [7, 11) is 1.70. The van der Waals surface area contributed by atoms with Crippen LogP contribution in [-0.4, -0.2) is 25.4 Å². The van der Waals surface area contributed by atoms with E-state index >= 15 is 0 Å². The zero-order valence-electron chi connectivity index (χ0n) is 13.0. The predicted molar refractivity (Wildman–Crippen MR) is 94.1 cm³/mol. The van der Waals surface area contributed by atoms with Crippen LogP contribution in [0.15, 0.2) is 48.5 Å². The van der Waals surface area contributed by atoms with Gasteiger partial charge in [0.1, 0.15) is 0 Å². The highest BCUT2D eigenvalue weighted by Crippen LogP contribution is 2.20. The van der Waals surface area contributed by atoms with E-state index in [2.05, 4.69) is 10.6 Å². The van der Waals surface area contributed by atoms with Gasteiger partial charge in [0.25, 0.3) is 0 Å². The smallest absolute Gasteiger partial charge is 0.243 e. The van der Waals surface area contributed by atoms with Crippen LogP contribution >= 0.6 is 11.6 Å². The second kappa shape index (κ2) is 7.65. The predicted octanol–water partition coefficient (Wildman–Crippen LogP) is 3.37. The number of para-hydroxylation sites is 1. The number of hydrogen-bond acceptors (Lipinski definition) is 3. The lowest BCUT2D eigenvalue weighted by molar-refractivity contribution is -0.116. The molecule has 2 rings (SSSR count). The molecule has 0 fully saturated rings. The second-order valence-corrected chi connectivity index (χ2v) is 5.41. The quantitative estimate of drug-likeness (QED) is 0.883. The maximum Gasteiger partial charge on any atom is 0.243 e. The Morgan fingerprint density at radius 1 is 1.09 bits per heavy atom. The van der Waals surface area contributed by atoms with Crippen molar-refractivity contribution in [3.8, 4) is 0 Å². The number of nitrogens with one attached hydrogen (secondary N) is 2. The number of carbonyl (C=O) groups excluding carboxylic acids is 2. The summed E-state index contributed by atoms with van der Waals surface area (Å²) >= 11 is 6.01. The largest absolute Gasteiger partial charge is 0.375 e. The third kappa shape index (κ3) is 4.72. The van der Waals surface area contributed by atoms with E-state index in [4.69, 9.17) is 11.6 Å². The fraction of sp³-hybridized carbons (Fsp3) is 0.176. The SMILES string of the molecule is CC(=O)N(C)c1ccc(NC(=O)CNc2ccccc2Cl)cc1. The van der Waals surface area contributed by atoms with E-state index in [0.29, 0.717) is 16.4 Å². The Morgan fingerprint density at radius 3 is 2.35 bits per heavy atom. The lowest BCUT2D eigenvalue weighted by Crippen LogP contribution is -2.23. The number of hydrogen-bond donors (Lipinski definition) is 2. The molecule has 0 aromatic heterocycles. The molecule has 6 heteroatoms. The van der Waals surface area contributed by atoms with Gasteiger partial charge in [0.05, 0.1) is 17.3 Å². The van der Waals surface area contributed by atoms with Gasteiger partial charge < -0.3 is 15.5 Å². The van der Waals surface area contributed by atoms with E-state index in [1.807, 2.05) is 18.2 Å². The summed E-state index contributed by atoms with van der Waals surface area (Å²) in [4.78, 5) is 24.8. The zero-order chi connectivity index (χ0) is 16.8. The Morgan fingerprint density at radius 2 is 1.74 bits per heavy atom. The van der Waals surface area contributed by atoms with E-state index in [9.17, 15) is 9.59 Å². The number of anilines is 3. The minimum atomic E-state index is -0.183. The highest BCUT2D eigenvalue weighted by Gasteiger charge is 2.07. The molecule has 2 aromatic carbocycles. The Balaban J connectivity index is 1.90. The van der Waals surface area contributed by atoms with Crippen LogP contribution in [0.4, 0.5) is 17.1 Å². The van der Waals surface area contributed by atoms with E-state index < -0.39 is 0 Å². The van der Waals surface area contributed by atoms with Crippen molar-refractivity contribution in [3.63, 3.8) is 0 Å². The standard InChI is InChI=1S/C17H18ClN3O2/c1-12(22)21(2)14-9-7-13(8-10-14)20-17(23)11-19-16-6-4-3-5-15(16)18/h3-10,19H,11H2,1-2H3,(H,20,23). The van der Waals surface area contributed by atoms with Gasteiger partial charge in [-0.3, -0.25) is 9.59 Å². The molecule has 0 saturated carbocycles. The van der Waals surface area contributed by atoms with Crippen molar-refractivity contribution in [2.24, 2.45) is 0 Å². The van der Waals surface area contributed by atoms with E-state index in [0.717, 1.165) is 5.69 Å². The van der Waals surface area contributed by atoms with Gasteiger partial charge in [0.2, 0.25) is 11.8 Å². The van der Waals surface area contributed by atoms with Crippen LogP contribution < -0.4 is 15.5 Å². The summed E-state index contributed by atoms with van der Waals surface area (Å²) in [5, 5.41) is 6.33. The molecule has 2 aromatic rings. The number of carbonyl (C=O) groups is 2. The monoisotopic (exact) mass is 331 g/mol. The second-order valence-electron chi connectivity index (χ2n) is 5.01. The molecular formula is C17H18ClN3O2. The summed E-state index contributed by atoms with van der Waals surface area (Å²) in [5.74, 6) is -0.233. The molecule has 0 unspecified atom stereocenters. The van der Waals surface area contributed by atoms with Gasteiger partial charge >= 0.3 is 0 Å². The van der Waals surface area contributed by atoms with Crippen molar-refractivity contribution >= 4 is 40.5 Å². The highest BCUT2D eigenvalue weighted by atomic mass is 35.5. The van der Waals surface area contributed by atoms with E-state index in [-0.39, 0.29) is 18.4 Å². The first kappa shape index (κ1) is 16.8. The molecule has 2 N–H and O–H groups in total. The number of halogens is 1. The van der Waals surface area contributed by atoms with Crippen molar-refractivity contribution in [2.45, 2.75) is 6.92 Å². The summed E-state index contributed by atoms with van der Waals surface area (Å²) in [5.41, 5.74) is 2.14. The zero-order valence-corrected chi connectivity index (χ0v) is 13.7. The molecule has 0 atom stereocenters. The maximum atomic E-state index is 11.9. The Hall–Kier alpha value is -2.53. The van der Waals surface area contributed by atoms with Crippen molar-refractivity contribution in [1.82, 2.24) is 0 Å². The molecule has 0 bridgehead atoms. The van der Waals surface area contributed by atoms with Crippen molar-refractivity contribution in [3.05, 3.63) is 53.6 Å². The summed E-state index contributed by atoms with van der Waals surface area (Å²) < 4.78 is 0. The van der Waals surface area contributed by atoms with Gasteiger partial charge in [-0.15, -0.1) is 0 Å². The molecule has 0 aliphatic heterocycles. The van der Waals surface area contributed by atoms with Crippen LogP contribution in [-0.2, 0) is 9.59 Å². The van der Waals surface area contributed by atoms with Gasteiger partial charge in [0.15, 0.2) is 0 Å². The molecule has 0 radical (unpaired) electrons. The summed E-state index contributed by atoms with van der Waals surface area (Å²) in [6.07, 6.45) is 0. The average Bonchev–Trinajstić information content (AvgIpc) is 2.54. The van der Waals surface area contributed by atoms with E-state index in [1.165, 1.54) is 11.8 Å². The molecular weight excluding hydrogens is 314 g/mol. The topological polar surface area (TPSA) is 61.4 Å². The average molecular weight is 332 g/mol. The molecule has 23 heavy (non-hydrogen) atoms. The third-order valence-corrected chi connectivity index (χ3v) is 3.65. The number of nitrogens with zero attached hydrogens (tertiary/aromatic N) is 1. The Bertz CT molecular complexity index is 701. The molecule has 0 saturated heterocycles.